The van der Waals surface area contributed by atoms with Crippen LogP contribution in [0.1, 0.15) is 46.1 Å². The van der Waals surface area contributed by atoms with Crippen LogP contribution in [-0.4, -0.2) is 48.6 Å². The van der Waals surface area contributed by atoms with E-state index in [0.29, 0.717) is 18.7 Å². The number of furan rings is 1. The molecule has 0 fully saturated rings. The summed E-state index contributed by atoms with van der Waals surface area (Å²) in [5, 5.41) is 2.59. The predicted molar refractivity (Wildman–Crippen MR) is 106 cm³/mol. The summed E-state index contributed by atoms with van der Waals surface area (Å²) in [6.45, 7) is 8.08. The van der Waals surface area contributed by atoms with Crippen molar-refractivity contribution in [2.24, 2.45) is 5.92 Å². The molecule has 2 rings (SSSR count). The van der Waals surface area contributed by atoms with Gasteiger partial charge < -0.3 is 23.8 Å². The highest BCUT2D eigenvalue weighted by Gasteiger charge is 2.28. The average Bonchev–Trinajstić information content (AvgIpc) is 3.31. The van der Waals surface area contributed by atoms with Crippen LogP contribution in [0.2, 0.25) is 0 Å². The lowest BCUT2D eigenvalue weighted by atomic mass is 10.0. The van der Waals surface area contributed by atoms with Crippen LogP contribution in [-0.2, 0) is 20.8 Å². The van der Waals surface area contributed by atoms with Crippen molar-refractivity contribution in [3.8, 4) is 0 Å². The molecule has 8 nitrogen and oxygen atoms in total. The van der Waals surface area contributed by atoms with Crippen molar-refractivity contribution in [3.63, 3.8) is 0 Å². The minimum Gasteiger partial charge on any atom is -0.459 e. The van der Waals surface area contributed by atoms with Gasteiger partial charge in [0.25, 0.3) is 5.91 Å². The standard InChI is InChI=1S/C21H28N2O6/c1-13(2)19(22-20(25)18-7-6-9-28-18)21(26)29-12-17(24)16-11-14(3)23(15(16)4)8-10-27-5/h6-7,9,11,13,19H,8,10,12H2,1-5H3,(H,22,25)/t19-/m0/s1. The Labute approximate surface area is 170 Å². The van der Waals surface area contributed by atoms with Gasteiger partial charge in [0.15, 0.2) is 12.4 Å². The predicted octanol–water partition coefficient (Wildman–Crippen LogP) is 2.52. The van der Waals surface area contributed by atoms with E-state index in [1.165, 1.54) is 12.3 Å². The number of carbonyl (C=O) groups excluding carboxylic acids is 3. The summed E-state index contributed by atoms with van der Waals surface area (Å²) in [5.74, 6) is -1.60. The van der Waals surface area contributed by atoms with Crippen LogP contribution >= 0.6 is 0 Å². The molecule has 0 saturated heterocycles. The number of nitrogens with one attached hydrogen (secondary N) is 1. The first kappa shape index (κ1) is 22.4. The lowest BCUT2D eigenvalue weighted by Gasteiger charge is -2.20. The number of rotatable bonds is 10. The van der Waals surface area contributed by atoms with Gasteiger partial charge in [0.1, 0.15) is 6.04 Å². The van der Waals surface area contributed by atoms with Gasteiger partial charge >= 0.3 is 5.97 Å². The van der Waals surface area contributed by atoms with E-state index >= 15 is 0 Å². The molecule has 158 valence electrons. The lowest BCUT2D eigenvalue weighted by Crippen LogP contribution is -2.45. The molecular weight excluding hydrogens is 376 g/mol. The van der Waals surface area contributed by atoms with Gasteiger partial charge in [-0.3, -0.25) is 9.59 Å². The largest absolute Gasteiger partial charge is 0.459 e. The van der Waals surface area contributed by atoms with Gasteiger partial charge in [0.2, 0.25) is 5.78 Å². The van der Waals surface area contributed by atoms with Crippen molar-refractivity contribution in [1.29, 1.82) is 0 Å². The Balaban J connectivity index is 2.00. The van der Waals surface area contributed by atoms with Crippen molar-refractivity contribution in [2.75, 3.05) is 20.3 Å². The van der Waals surface area contributed by atoms with Crippen LogP contribution in [0, 0.1) is 19.8 Å². The first-order chi connectivity index (χ1) is 13.8. The topological polar surface area (TPSA) is 99.8 Å². The Kier molecular flexibility index (Phi) is 7.78. The second-order valence-corrected chi connectivity index (χ2v) is 7.13. The average molecular weight is 404 g/mol. The smallest absolute Gasteiger partial charge is 0.329 e. The monoisotopic (exact) mass is 404 g/mol. The zero-order chi connectivity index (χ0) is 21.6. The molecule has 0 aromatic carbocycles. The van der Waals surface area contributed by atoms with Crippen LogP contribution in [0.3, 0.4) is 0 Å². The molecule has 0 spiro atoms. The van der Waals surface area contributed by atoms with Crippen LogP contribution in [0.5, 0.6) is 0 Å². The van der Waals surface area contributed by atoms with Gasteiger partial charge in [-0.15, -0.1) is 0 Å². The molecule has 0 aliphatic carbocycles. The highest BCUT2D eigenvalue weighted by molar-refractivity contribution is 6.00. The van der Waals surface area contributed by atoms with Crippen molar-refractivity contribution < 1.29 is 28.3 Å². The van der Waals surface area contributed by atoms with Gasteiger partial charge in [0, 0.05) is 30.6 Å². The van der Waals surface area contributed by atoms with Crippen molar-refractivity contribution >= 4 is 17.7 Å². The molecule has 1 N–H and O–H groups in total. The van der Waals surface area contributed by atoms with Gasteiger partial charge in [-0.25, -0.2) is 4.79 Å². The number of ketones is 1. The number of amides is 1. The summed E-state index contributed by atoms with van der Waals surface area (Å²) in [6.07, 6.45) is 1.37. The number of ether oxygens (including phenoxy) is 2. The number of methoxy groups -OCH3 is 1. The van der Waals surface area contributed by atoms with E-state index < -0.39 is 24.5 Å². The highest BCUT2D eigenvalue weighted by atomic mass is 16.5. The third kappa shape index (κ3) is 5.57. The minimum atomic E-state index is -0.894. The number of nitrogens with zero attached hydrogens (tertiary/aromatic N) is 1. The van der Waals surface area contributed by atoms with E-state index in [9.17, 15) is 14.4 Å². The summed E-state index contributed by atoms with van der Waals surface area (Å²) < 4.78 is 17.3. The maximum absolute atomic E-state index is 12.6. The first-order valence-electron chi connectivity index (χ1n) is 9.46. The molecule has 0 bridgehead atoms. The maximum atomic E-state index is 12.6. The Bertz CT molecular complexity index is 851. The van der Waals surface area contributed by atoms with Crippen LogP contribution in [0.15, 0.2) is 28.9 Å². The number of Topliss-reactive ketones (excluding diaryl/α,β-unsaturated/α-hetero) is 1. The number of aromatic nitrogens is 1. The second-order valence-electron chi connectivity index (χ2n) is 7.13. The Morgan fingerprint density at radius 1 is 1.24 bits per heavy atom. The molecule has 0 radical (unpaired) electrons. The third-order valence-electron chi connectivity index (χ3n) is 4.69. The fourth-order valence-electron chi connectivity index (χ4n) is 3.03. The fraction of sp³-hybridized carbons (Fsp3) is 0.476. The fourth-order valence-corrected chi connectivity index (χ4v) is 3.03. The zero-order valence-corrected chi connectivity index (χ0v) is 17.5. The quantitative estimate of drug-likeness (QED) is 0.482. The van der Waals surface area contributed by atoms with E-state index in [4.69, 9.17) is 13.9 Å². The summed E-state index contributed by atoms with van der Waals surface area (Å²) in [5.41, 5.74) is 2.24. The van der Waals surface area contributed by atoms with E-state index in [-0.39, 0.29) is 17.5 Å². The summed E-state index contributed by atoms with van der Waals surface area (Å²) in [6, 6.07) is 3.97. The molecular formula is C21H28N2O6. The molecule has 0 saturated carbocycles. The van der Waals surface area contributed by atoms with E-state index in [1.807, 2.05) is 18.4 Å². The highest BCUT2D eigenvalue weighted by Crippen LogP contribution is 2.16. The molecule has 0 unspecified atom stereocenters. The number of carbonyl (C=O) groups is 3. The minimum absolute atomic E-state index is 0.100. The van der Waals surface area contributed by atoms with E-state index in [0.717, 1.165) is 11.4 Å². The third-order valence-corrected chi connectivity index (χ3v) is 4.69. The second kappa shape index (κ2) is 10.1. The number of aryl methyl sites for hydroxylation is 1. The van der Waals surface area contributed by atoms with E-state index in [2.05, 4.69) is 5.32 Å². The van der Waals surface area contributed by atoms with Gasteiger partial charge in [-0.1, -0.05) is 13.8 Å². The molecule has 29 heavy (non-hydrogen) atoms. The molecule has 0 aliphatic rings. The van der Waals surface area contributed by atoms with Gasteiger partial charge in [-0.2, -0.15) is 0 Å². The molecule has 8 heteroatoms. The zero-order valence-electron chi connectivity index (χ0n) is 17.5. The Morgan fingerprint density at radius 3 is 2.55 bits per heavy atom. The van der Waals surface area contributed by atoms with Gasteiger partial charge in [-0.05, 0) is 38.0 Å². The van der Waals surface area contributed by atoms with Crippen molar-refractivity contribution in [2.45, 2.75) is 40.3 Å². The van der Waals surface area contributed by atoms with Crippen molar-refractivity contribution in [1.82, 2.24) is 9.88 Å². The molecule has 2 heterocycles. The van der Waals surface area contributed by atoms with E-state index in [1.54, 1.807) is 33.1 Å². The first-order valence-corrected chi connectivity index (χ1v) is 9.46. The molecule has 1 atom stereocenters. The number of hydrogen-bond donors (Lipinski definition) is 1. The summed E-state index contributed by atoms with van der Waals surface area (Å²) in [7, 11) is 1.62. The van der Waals surface area contributed by atoms with Crippen LogP contribution in [0.4, 0.5) is 0 Å². The molecule has 0 aliphatic heterocycles. The number of hydrogen-bond acceptors (Lipinski definition) is 6. The lowest BCUT2D eigenvalue weighted by molar-refractivity contribution is -0.145. The van der Waals surface area contributed by atoms with Crippen LogP contribution < -0.4 is 5.32 Å². The van der Waals surface area contributed by atoms with Crippen molar-refractivity contribution in [3.05, 3.63) is 47.2 Å². The van der Waals surface area contributed by atoms with Crippen LogP contribution in [0.25, 0.3) is 0 Å². The maximum Gasteiger partial charge on any atom is 0.329 e. The molecule has 2 aromatic rings. The summed E-state index contributed by atoms with van der Waals surface area (Å²) in [4.78, 5) is 37.2. The number of esters is 1. The Hall–Kier alpha value is -2.87. The summed E-state index contributed by atoms with van der Waals surface area (Å²) >= 11 is 0. The van der Waals surface area contributed by atoms with Gasteiger partial charge in [0.05, 0.1) is 12.9 Å². The normalized spacial score (nSPS) is 12.1. The SMILES string of the molecule is COCCn1c(C)cc(C(=O)COC(=O)[C@@H](NC(=O)c2ccco2)C(C)C)c1C. The molecule has 2 aromatic heterocycles. The molecule has 1 amide bonds. The Morgan fingerprint density at radius 2 is 1.97 bits per heavy atom.